The smallest absolute Gasteiger partial charge is 0.328 e. The third kappa shape index (κ3) is 2.23. The molecule has 0 radical (unpaired) electrons. The number of rotatable bonds is 3. The Bertz CT molecular complexity index is 365. The number of ether oxygens (including phenoxy) is 1. The second kappa shape index (κ2) is 4.87. The summed E-state index contributed by atoms with van der Waals surface area (Å²) in [5.41, 5.74) is -1.43. The number of hydrogen-bond donors (Lipinski definition) is 1. The summed E-state index contributed by atoms with van der Waals surface area (Å²) in [6.07, 6.45) is 3.89. The largest absolute Gasteiger partial charge is 0.461 e. The third-order valence-electron chi connectivity index (χ3n) is 4.34. The van der Waals surface area contributed by atoms with Gasteiger partial charge in [-0.2, -0.15) is 5.26 Å². The van der Waals surface area contributed by atoms with Crippen molar-refractivity contribution >= 4 is 5.97 Å². The first-order valence-corrected chi connectivity index (χ1v) is 6.45. The Hall–Kier alpha value is -1.12. The lowest BCUT2D eigenvalue weighted by atomic mass is 9.93. The van der Waals surface area contributed by atoms with Crippen LogP contribution in [0.2, 0.25) is 0 Å². The summed E-state index contributed by atoms with van der Waals surface area (Å²) in [7, 11) is 2.12. The van der Waals surface area contributed by atoms with Crippen molar-refractivity contribution in [2.45, 2.75) is 50.8 Å². The summed E-state index contributed by atoms with van der Waals surface area (Å²) in [6, 6.07) is 2.81. The van der Waals surface area contributed by atoms with Crippen molar-refractivity contribution in [2.24, 2.45) is 5.41 Å². The van der Waals surface area contributed by atoms with Gasteiger partial charge in [-0.3, -0.25) is 4.79 Å². The van der Waals surface area contributed by atoms with E-state index in [2.05, 4.69) is 11.9 Å². The fourth-order valence-corrected chi connectivity index (χ4v) is 2.88. The Morgan fingerprint density at radius 2 is 2.06 bits per heavy atom. The van der Waals surface area contributed by atoms with Crippen LogP contribution in [0.5, 0.6) is 0 Å². The Labute approximate surface area is 107 Å². The van der Waals surface area contributed by atoms with Gasteiger partial charge >= 0.3 is 5.97 Å². The van der Waals surface area contributed by atoms with Gasteiger partial charge in [0, 0.05) is 12.1 Å². The predicted octanol–water partition coefficient (Wildman–Crippen LogP) is 0.677. The first-order valence-electron chi connectivity index (χ1n) is 6.45. The van der Waals surface area contributed by atoms with Crippen molar-refractivity contribution in [3.8, 4) is 6.07 Å². The number of nitrogens with zero attached hydrogens (tertiary/aromatic N) is 2. The number of aliphatic hydroxyl groups is 1. The number of esters is 1. The van der Waals surface area contributed by atoms with Crippen LogP contribution in [0.3, 0.4) is 0 Å². The summed E-state index contributed by atoms with van der Waals surface area (Å²) in [5, 5.41) is 18.0. The number of aliphatic hydroxyl groups excluding tert-OH is 1. The quantitative estimate of drug-likeness (QED) is 0.748. The molecule has 3 unspecified atom stereocenters. The zero-order valence-corrected chi connectivity index (χ0v) is 10.9. The van der Waals surface area contributed by atoms with Gasteiger partial charge in [-0.1, -0.05) is 0 Å². The van der Waals surface area contributed by atoms with E-state index < -0.39 is 18.0 Å². The molecule has 2 rings (SSSR count). The van der Waals surface area contributed by atoms with Gasteiger partial charge in [0.2, 0.25) is 0 Å². The highest BCUT2D eigenvalue weighted by Crippen LogP contribution is 2.36. The van der Waals surface area contributed by atoms with Crippen molar-refractivity contribution in [3.05, 3.63) is 0 Å². The molecule has 2 saturated heterocycles. The summed E-state index contributed by atoms with van der Waals surface area (Å²) >= 11 is 0. The van der Waals surface area contributed by atoms with Gasteiger partial charge in [0.15, 0.2) is 5.41 Å². The van der Waals surface area contributed by atoms with E-state index >= 15 is 0 Å². The second-order valence-corrected chi connectivity index (χ2v) is 5.65. The van der Waals surface area contributed by atoms with E-state index in [0.29, 0.717) is 12.1 Å². The number of hydrogen-bond acceptors (Lipinski definition) is 5. The molecular formula is C13H20N2O3. The topological polar surface area (TPSA) is 73.6 Å². The minimum absolute atomic E-state index is 0.106. The average Bonchev–Trinajstić information content (AvgIpc) is 2.60. The maximum Gasteiger partial charge on any atom is 0.328 e. The van der Waals surface area contributed by atoms with E-state index in [-0.39, 0.29) is 6.10 Å². The SMILES string of the molecule is CN1C2CCC1CC(OC(=O)C(C)(C#N)CO)C2. The molecule has 0 spiro atoms. The summed E-state index contributed by atoms with van der Waals surface area (Å²) < 4.78 is 5.42. The van der Waals surface area contributed by atoms with Gasteiger partial charge in [0.05, 0.1) is 12.7 Å². The number of piperidine rings is 1. The van der Waals surface area contributed by atoms with E-state index in [1.54, 1.807) is 0 Å². The van der Waals surface area contributed by atoms with Gasteiger partial charge in [0.25, 0.3) is 0 Å². The summed E-state index contributed by atoms with van der Waals surface area (Å²) in [4.78, 5) is 14.3. The van der Waals surface area contributed by atoms with E-state index in [1.165, 1.54) is 6.92 Å². The van der Waals surface area contributed by atoms with Gasteiger partial charge < -0.3 is 14.7 Å². The summed E-state index contributed by atoms with van der Waals surface area (Å²) in [5.74, 6) is -0.596. The molecule has 18 heavy (non-hydrogen) atoms. The standard InChI is InChI=1S/C13H20N2O3/c1-13(7-14,8-16)12(17)18-11-5-9-3-4-10(6-11)15(9)2/h9-11,16H,3-6,8H2,1-2H3. The molecule has 3 atom stereocenters. The van der Waals surface area contributed by atoms with E-state index in [1.807, 2.05) is 6.07 Å². The highest BCUT2D eigenvalue weighted by atomic mass is 16.5. The molecule has 2 aliphatic rings. The van der Waals surface area contributed by atoms with Crippen LogP contribution in [-0.4, -0.2) is 47.8 Å². The van der Waals surface area contributed by atoms with Crippen LogP contribution >= 0.6 is 0 Å². The Kier molecular flexibility index (Phi) is 3.60. The van der Waals surface area contributed by atoms with Crippen molar-refractivity contribution in [3.63, 3.8) is 0 Å². The highest BCUT2D eigenvalue weighted by molar-refractivity contribution is 5.79. The zero-order chi connectivity index (χ0) is 13.3. The third-order valence-corrected chi connectivity index (χ3v) is 4.34. The molecule has 0 aromatic carbocycles. The Balaban J connectivity index is 1.96. The Morgan fingerprint density at radius 1 is 1.50 bits per heavy atom. The first kappa shape index (κ1) is 13.3. The molecule has 0 aliphatic carbocycles. The van der Waals surface area contributed by atoms with Crippen LogP contribution in [0.15, 0.2) is 0 Å². The molecule has 0 aromatic rings. The molecule has 1 N–H and O–H groups in total. The number of carbonyl (C=O) groups is 1. The van der Waals surface area contributed by atoms with E-state index in [4.69, 9.17) is 15.1 Å². The minimum Gasteiger partial charge on any atom is -0.461 e. The van der Waals surface area contributed by atoms with Crippen molar-refractivity contribution < 1.29 is 14.6 Å². The lowest BCUT2D eigenvalue weighted by molar-refractivity contribution is -0.162. The van der Waals surface area contributed by atoms with Crippen LogP contribution in [0.1, 0.15) is 32.6 Å². The lowest BCUT2D eigenvalue weighted by Crippen LogP contribution is -2.45. The summed E-state index contributed by atoms with van der Waals surface area (Å²) in [6.45, 7) is 0.917. The molecule has 5 heteroatoms. The first-order chi connectivity index (χ1) is 8.50. The van der Waals surface area contributed by atoms with Gasteiger partial charge in [-0.05, 0) is 39.7 Å². The maximum atomic E-state index is 11.9. The van der Waals surface area contributed by atoms with Crippen molar-refractivity contribution in [2.75, 3.05) is 13.7 Å². The van der Waals surface area contributed by atoms with Crippen molar-refractivity contribution in [1.29, 1.82) is 5.26 Å². The number of carbonyl (C=O) groups excluding carboxylic acids is 1. The molecular weight excluding hydrogens is 232 g/mol. The van der Waals surface area contributed by atoms with Crippen molar-refractivity contribution in [1.82, 2.24) is 4.90 Å². The molecule has 100 valence electrons. The van der Waals surface area contributed by atoms with Crippen LogP contribution in [0.25, 0.3) is 0 Å². The molecule has 2 heterocycles. The monoisotopic (exact) mass is 252 g/mol. The fraction of sp³-hybridized carbons (Fsp3) is 0.846. The fourth-order valence-electron chi connectivity index (χ4n) is 2.88. The van der Waals surface area contributed by atoms with Gasteiger partial charge in [-0.25, -0.2) is 0 Å². The normalized spacial score (nSPS) is 34.7. The molecule has 2 fully saturated rings. The van der Waals surface area contributed by atoms with Crippen LogP contribution in [0.4, 0.5) is 0 Å². The highest BCUT2D eigenvalue weighted by Gasteiger charge is 2.42. The van der Waals surface area contributed by atoms with E-state index in [0.717, 1.165) is 25.7 Å². The number of fused-ring (bicyclic) bond motifs is 2. The predicted molar refractivity (Wildman–Crippen MR) is 64.5 cm³/mol. The van der Waals surface area contributed by atoms with Gasteiger partial charge in [0.1, 0.15) is 6.10 Å². The van der Waals surface area contributed by atoms with E-state index in [9.17, 15) is 4.79 Å². The van der Waals surface area contributed by atoms with Crippen LogP contribution in [0, 0.1) is 16.7 Å². The molecule has 0 aromatic heterocycles. The lowest BCUT2D eigenvalue weighted by Gasteiger charge is -2.36. The Morgan fingerprint density at radius 3 is 2.50 bits per heavy atom. The average molecular weight is 252 g/mol. The molecule has 0 amide bonds. The molecule has 2 bridgehead atoms. The number of nitriles is 1. The molecule has 2 aliphatic heterocycles. The zero-order valence-electron chi connectivity index (χ0n) is 10.9. The van der Waals surface area contributed by atoms with Crippen LogP contribution in [-0.2, 0) is 9.53 Å². The maximum absolute atomic E-state index is 11.9. The van der Waals surface area contributed by atoms with Gasteiger partial charge in [-0.15, -0.1) is 0 Å². The second-order valence-electron chi connectivity index (χ2n) is 5.65. The van der Waals surface area contributed by atoms with Crippen LogP contribution < -0.4 is 0 Å². The molecule has 0 saturated carbocycles. The molecule has 5 nitrogen and oxygen atoms in total. The minimum atomic E-state index is -1.43.